The Morgan fingerprint density at radius 2 is 2.26 bits per heavy atom. The van der Waals surface area contributed by atoms with Gasteiger partial charge in [0.2, 0.25) is 0 Å². The van der Waals surface area contributed by atoms with E-state index in [9.17, 15) is 9.90 Å². The average Bonchev–Trinajstić information content (AvgIpc) is 2.88. The molecule has 1 aromatic rings. The number of amides is 1. The van der Waals surface area contributed by atoms with Gasteiger partial charge in [0.1, 0.15) is 4.88 Å². The van der Waals surface area contributed by atoms with Crippen LogP contribution in [0.1, 0.15) is 41.6 Å². The van der Waals surface area contributed by atoms with E-state index in [1.807, 2.05) is 6.92 Å². The molecule has 1 amide bonds. The molecule has 2 heterocycles. The van der Waals surface area contributed by atoms with Gasteiger partial charge in [-0.2, -0.15) is 0 Å². The smallest absolute Gasteiger partial charge is 0.265 e. The first kappa shape index (κ1) is 14.4. The molecule has 1 aromatic heterocycles. The lowest BCUT2D eigenvalue weighted by Gasteiger charge is -2.36. The maximum Gasteiger partial charge on any atom is 0.265 e. The molecule has 0 saturated carbocycles. The first-order chi connectivity index (χ1) is 9.21. The van der Waals surface area contributed by atoms with Gasteiger partial charge in [-0.1, -0.05) is 17.8 Å². The number of aliphatic hydroxyl groups is 1. The zero-order valence-electron chi connectivity index (χ0n) is 11.0. The van der Waals surface area contributed by atoms with Gasteiger partial charge in [0, 0.05) is 13.2 Å². The van der Waals surface area contributed by atoms with Crippen molar-refractivity contribution in [3.05, 3.63) is 10.6 Å². The fraction of sp³-hybridized carbons (Fsp3) is 0.750. The number of ether oxygens (including phenoxy) is 1. The maximum atomic E-state index is 12.3. The Labute approximate surface area is 116 Å². The number of nitrogens with zero attached hydrogens (tertiary/aromatic N) is 2. The van der Waals surface area contributed by atoms with Crippen LogP contribution >= 0.6 is 11.5 Å². The van der Waals surface area contributed by atoms with Crippen LogP contribution in [-0.2, 0) is 11.2 Å². The monoisotopic (exact) mass is 285 g/mol. The van der Waals surface area contributed by atoms with Gasteiger partial charge in [-0.05, 0) is 30.8 Å². The summed E-state index contributed by atoms with van der Waals surface area (Å²) in [5.41, 5.74) is 0.174. The normalized spacial score (nSPS) is 18.2. The zero-order valence-corrected chi connectivity index (χ0v) is 11.8. The van der Waals surface area contributed by atoms with E-state index in [1.165, 1.54) is 0 Å². The van der Waals surface area contributed by atoms with E-state index in [1.54, 1.807) is 0 Å². The van der Waals surface area contributed by atoms with Crippen molar-refractivity contribution in [1.29, 1.82) is 0 Å². The summed E-state index contributed by atoms with van der Waals surface area (Å²) in [5, 5.41) is 16.5. The highest BCUT2D eigenvalue weighted by Gasteiger charge is 2.34. The second kappa shape index (κ2) is 6.40. The molecule has 0 aliphatic carbocycles. The molecule has 0 aromatic carbocycles. The lowest BCUT2D eigenvalue weighted by atomic mass is 9.91. The highest BCUT2D eigenvalue weighted by atomic mass is 32.1. The molecule has 0 spiro atoms. The Kier molecular flexibility index (Phi) is 4.84. The van der Waals surface area contributed by atoms with E-state index in [2.05, 4.69) is 14.9 Å². The lowest BCUT2D eigenvalue weighted by molar-refractivity contribution is 0.0126. The van der Waals surface area contributed by atoms with Gasteiger partial charge >= 0.3 is 0 Å². The van der Waals surface area contributed by atoms with Crippen molar-refractivity contribution >= 4 is 17.4 Å². The Bertz CT molecular complexity index is 430. The predicted octanol–water partition coefficient (Wildman–Crippen LogP) is 0.762. The summed E-state index contributed by atoms with van der Waals surface area (Å²) in [4.78, 5) is 12.9. The molecule has 2 N–H and O–H groups in total. The summed E-state index contributed by atoms with van der Waals surface area (Å²) in [6, 6.07) is 0. The zero-order chi connectivity index (χ0) is 13.7. The van der Waals surface area contributed by atoms with Gasteiger partial charge in [0.15, 0.2) is 0 Å². The molecule has 0 unspecified atom stereocenters. The third kappa shape index (κ3) is 3.29. The molecule has 7 heteroatoms. The van der Waals surface area contributed by atoms with Gasteiger partial charge in [-0.15, -0.1) is 5.10 Å². The summed E-state index contributed by atoms with van der Waals surface area (Å²) in [6.45, 7) is 3.08. The van der Waals surface area contributed by atoms with Crippen molar-refractivity contribution in [3.63, 3.8) is 0 Å². The Morgan fingerprint density at radius 1 is 1.53 bits per heavy atom. The molecule has 6 nitrogen and oxygen atoms in total. The van der Waals surface area contributed by atoms with Crippen LogP contribution in [0.25, 0.3) is 0 Å². The number of aliphatic hydroxyl groups excluding tert-OH is 1. The maximum absolute atomic E-state index is 12.3. The van der Waals surface area contributed by atoms with Crippen molar-refractivity contribution in [1.82, 2.24) is 14.9 Å². The largest absolute Gasteiger partial charge is 0.394 e. The summed E-state index contributed by atoms with van der Waals surface area (Å²) in [6.07, 6.45) is 2.92. The van der Waals surface area contributed by atoms with Crippen molar-refractivity contribution < 1.29 is 14.6 Å². The number of carbonyl (C=O) groups excluding carboxylic acids is 1. The number of carbonyl (C=O) groups is 1. The molecule has 2 rings (SSSR count). The first-order valence-electron chi connectivity index (χ1n) is 6.53. The highest BCUT2D eigenvalue weighted by Crippen LogP contribution is 2.22. The van der Waals surface area contributed by atoms with Gasteiger partial charge in [0.25, 0.3) is 5.91 Å². The summed E-state index contributed by atoms with van der Waals surface area (Å²) < 4.78 is 9.12. The van der Waals surface area contributed by atoms with Crippen molar-refractivity contribution in [2.24, 2.45) is 0 Å². The van der Waals surface area contributed by atoms with Crippen molar-refractivity contribution in [2.75, 3.05) is 19.8 Å². The Hall–Kier alpha value is -1.05. The molecular weight excluding hydrogens is 266 g/mol. The van der Waals surface area contributed by atoms with Crippen molar-refractivity contribution in [3.8, 4) is 0 Å². The van der Waals surface area contributed by atoms with E-state index < -0.39 is 5.54 Å². The molecule has 19 heavy (non-hydrogen) atoms. The Morgan fingerprint density at radius 3 is 2.89 bits per heavy atom. The number of hydrogen-bond acceptors (Lipinski definition) is 6. The molecule has 0 atom stereocenters. The highest BCUT2D eigenvalue weighted by molar-refractivity contribution is 7.08. The minimum absolute atomic E-state index is 0.0720. The number of aryl methyl sites for hydroxylation is 1. The van der Waals surface area contributed by atoms with Crippen molar-refractivity contribution in [2.45, 2.75) is 38.1 Å². The molecule has 1 saturated heterocycles. The van der Waals surface area contributed by atoms with Gasteiger partial charge < -0.3 is 15.2 Å². The van der Waals surface area contributed by atoms with Gasteiger partial charge in [0.05, 0.1) is 17.8 Å². The minimum Gasteiger partial charge on any atom is -0.394 e. The fourth-order valence-corrected chi connectivity index (χ4v) is 2.77. The Balaban J connectivity index is 2.08. The predicted molar refractivity (Wildman–Crippen MR) is 71.2 cm³/mol. The second-order valence-corrected chi connectivity index (χ2v) is 5.56. The lowest BCUT2D eigenvalue weighted by Crippen LogP contribution is -2.54. The second-order valence-electron chi connectivity index (χ2n) is 4.80. The third-order valence-electron chi connectivity index (χ3n) is 3.38. The number of rotatable bonds is 5. The topological polar surface area (TPSA) is 84.3 Å². The van der Waals surface area contributed by atoms with Crippen LogP contribution in [-0.4, -0.2) is 46.0 Å². The SMILES string of the molecule is CCCc1nnsc1C(=O)NC1(CO)CCOCC1. The average molecular weight is 285 g/mol. The number of hydrogen-bond donors (Lipinski definition) is 2. The molecule has 1 aliphatic heterocycles. The first-order valence-corrected chi connectivity index (χ1v) is 7.30. The summed E-state index contributed by atoms with van der Waals surface area (Å²) in [7, 11) is 0. The van der Waals surface area contributed by atoms with Crippen LogP contribution < -0.4 is 5.32 Å². The van der Waals surface area contributed by atoms with Crippen LogP contribution in [0.2, 0.25) is 0 Å². The minimum atomic E-state index is -0.567. The quantitative estimate of drug-likeness (QED) is 0.834. The number of nitrogens with one attached hydrogen (secondary N) is 1. The van der Waals surface area contributed by atoms with Crippen LogP contribution in [0, 0.1) is 0 Å². The van der Waals surface area contributed by atoms with E-state index in [0.29, 0.717) is 30.9 Å². The van der Waals surface area contributed by atoms with Crippen LogP contribution in [0.4, 0.5) is 0 Å². The molecule has 0 bridgehead atoms. The summed E-state index contributed by atoms with van der Waals surface area (Å²) in [5.74, 6) is -0.186. The molecule has 1 fully saturated rings. The molecular formula is C12H19N3O3S. The van der Waals surface area contributed by atoms with Gasteiger partial charge in [-0.3, -0.25) is 4.79 Å². The standard InChI is InChI=1S/C12H19N3O3S/c1-2-3-9-10(19-15-14-9)11(17)13-12(8-16)4-6-18-7-5-12/h16H,2-8H2,1H3,(H,13,17). The van der Waals surface area contributed by atoms with E-state index >= 15 is 0 Å². The number of aromatic nitrogens is 2. The van der Waals surface area contributed by atoms with Crippen LogP contribution in [0.3, 0.4) is 0 Å². The third-order valence-corrected chi connectivity index (χ3v) is 4.15. The van der Waals surface area contributed by atoms with E-state index in [4.69, 9.17) is 4.74 Å². The van der Waals surface area contributed by atoms with Crippen LogP contribution in [0.5, 0.6) is 0 Å². The van der Waals surface area contributed by atoms with E-state index in [-0.39, 0.29) is 12.5 Å². The van der Waals surface area contributed by atoms with Gasteiger partial charge in [-0.25, -0.2) is 0 Å². The fourth-order valence-electron chi connectivity index (χ4n) is 2.16. The summed E-state index contributed by atoms with van der Waals surface area (Å²) >= 11 is 1.11. The van der Waals surface area contributed by atoms with E-state index in [0.717, 1.165) is 30.1 Å². The molecule has 106 valence electrons. The van der Waals surface area contributed by atoms with Crippen LogP contribution in [0.15, 0.2) is 0 Å². The molecule has 1 aliphatic rings. The molecule has 0 radical (unpaired) electrons.